The summed E-state index contributed by atoms with van der Waals surface area (Å²) in [5.74, 6) is 0.464. The predicted molar refractivity (Wildman–Crippen MR) is 61.4 cm³/mol. The highest BCUT2D eigenvalue weighted by molar-refractivity contribution is 7.96. The molecule has 1 nitrogen and oxygen atoms in total. The third kappa shape index (κ3) is 5.52. The second kappa shape index (κ2) is 7.62. The smallest absolute Gasteiger partial charge is 0.185 e. The fraction of sp³-hybridized carbons (Fsp3) is 0.900. The second-order valence-corrected chi connectivity index (χ2v) is 4.57. The number of thiol groups is 1. The lowest BCUT2D eigenvalue weighted by molar-refractivity contribution is -0.111. The number of rotatable bonds is 7. The van der Waals surface area contributed by atoms with Gasteiger partial charge in [0.25, 0.3) is 0 Å². The molecule has 0 saturated heterocycles. The number of hydrogen-bond donors (Lipinski definition) is 1. The van der Waals surface area contributed by atoms with E-state index in [1.54, 1.807) is 0 Å². The predicted octanol–water partition coefficient (Wildman–Crippen LogP) is 3.01. The van der Waals surface area contributed by atoms with Crippen molar-refractivity contribution >= 4 is 28.0 Å². The molecule has 0 aliphatic heterocycles. The molecule has 0 aliphatic carbocycles. The summed E-state index contributed by atoms with van der Waals surface area (Å²) in [5, 5.41) is -0.0359. The molecule has 0 spiro atoms. The molecular formula is C10H19OSSi. The molecule has 2 atom stereocenters. The zero-order valence-electron chi connectivity index (χ0n) is 8.55. The van der Waals surface area contributed by atoms with Crippen LogP contribution in [0.3, 0.4) is 0 Å². The molecule has 0 bridgehead atoms. The van der Waals surface area contributed by atoms with Gasteiger partial charge in [-0.25, -0.2) is 0 Å². The third-order valence-electron chi connectivity index (χ3n) is 2.33. The lowest BCUT2D eigenvalue weighted by Crippen LogP contribution is -2.15. The summed E-state index contributed by atoms with van der Waals surface area (Å²) in [6.07, 6.45) is 5.77. The van der Waals surface area contributed by atoms with Crippen LogP contribution in [0.1, 0.15) is 46.0 Å². The average Bonchev–Trinajstić information content (AvgIpc) is 2.11. The first-order valence-corrected chi connectivity index (χ1v) is 6.09. The van der Waals surface area contributed by atoms with Crippen molar-refractivity contribution in [3.05, 3.63) is 0 Å². The van der Waals surface area contributed by atoms with Crippen molar-refractivity contribution in [2.24, 2.45) is 5.92 Å². The Balaban J connectivity index is 3.98. The zero-order valence-corrected chi connectivity index (χ0v) is 10.4. The number of unbranched alkanes of at least 4 members (excludes halogenated alkanes) is 1. The highest BCUT2D eigenvalue weighted by Crippen LogP contribution is 2.27. The molecule has 3 radical (unpaired) electrons. The lowest BCUT2D eigenvalue weighted by Gasteiger charge is -2.20. The minimum atomic E-state index is -0.0603. The Morgan fingerprint density at radius 1 is 1.31 bits per heavy atom. The Kier molecular flexibility index (Phi) is 7.76. The van der Waals surface area contributed by atoms with E-state index in [0.717, 1.165) is 19.3 Å². The summed E-state index contributed by atoms with van der Waals surface area (Å²) in [7, 11) is 3.47. The first-order valence-electron chi connectivity index (χ1n) is 5.07. The Morgan fingerprint density at radius 2 is 1.92 bits per heavy atom. The summed E-state index contributed by atoms with van der Waals surface area (Å²) in [5.41, 5.74) is -0.0603. The van der Waals surface area contributed by atoms with Crippen LogP contribution in [0.5, 0.6) is 0 Å². The molecule has 75 valence electrons. The van der Waals surface area contributed by atoms with E-state index in [9.17, 15) is 4.79 Å². The minimum absolute atomic E-state index is 0.0359. The van der Waals surface area contributed by atoms with E-state index < -0.39 is 0 Å². The van der Waals surface area contributed by atoms with E-state index in [-0.39, 0.29) is 10.7 Å². The molecule has 0 N–H and O–H groups in total. The fourth-order valence-corrected chi connectivity index (χ4v) is 2.06. The van der Waals surface area contributed by atoms with Crippen LogP contribution in [-0.2, 0) is 4.79 Å². The van der Waals surface area contributed by atoms with E-state index in [2.05, 4.69) is 36.7 Å². The largest absolute Gasteiger partial charge is 0.288 e. The van der Waals surface area contributed by atoms with Gasteiger partial charge >= 0.3 is 0 Å². The van der Waals surface area contributed by atoms with Gasteiger partial charge in [-0.1, -0.05) is 46.0 Å². The van der Waals surface area contributed by atoms with Crippen LogP contribution in [0.15, 0.2) is 0 Å². The Bertz CT molecular complexity index is 150. The third-order valence-corrected chi connectivity index (χ3v) is 3.58. The molecule has 0 aliphatic rings. The Labute approximate surface area is 90.5 Å². The van der Waals surface area contributed by atoms with Crippen LogP contribution in [0, 0.1) is 5.92 Å². The molecule has 0 aromatic carbocycles. The summed E-state index contributed by atoms with van der Waals surface area (Å²) in [6, 6.07) is 0. The van der Waals surface area contributed by atoms with Crippen LogP contribution in [0.25, 0.3) is 0 Å². The van der Waals surface area contributed by atoms with E-state index in [1.807, 2.05) is 0 Å². The van der Waals surface area contributed by atoms with E-state index in [4.69, 9.17) is 0 Å². The molecule has 0 rings (SSSR count). The van der Waals surface area contributed by atoms with Crippen LogP contribution < -0.4 is 0 Å². The van der Waals surface area contributed by atoms with Gasteiger partial charge in [-0.2, -0.15) is 0 Å². The van der Waals surface area contributed by atoms with Crippen molar-refractivity contribution in [2.45, 2.75) is 51.5 Å². The van der Waals surface area contributed by atoms with Gasteiger partial charge in [0.05, 0.1) is 0 Å². The molecule has 0 amide bonds. The monoisotopic (exact) mass is 215 g/mol. The van der Waals surface area contributed by atoms with Crippen molar-refractivity contribution in [3.63, 3.8) is 0 Å². The van der Waals surface area contributed by atoms with Gasteiger partial charge < -0.3 is 0 Å². The van der Waals surface area contributed by atoms with Crippen molar-refractivity contribution in [2.75, 3.05) is 0 Å². The standard InChI is InChI=1S/C10H19OSSi/c1-3-5-7-8(6-4-2)9(13)10(11)12/h8-9H,3-7H2,1-2H3,(H,11,12). The van der Waals surface area contributed by atoms with E-state index in [0.29, 0.717) is 5.92 Å². The number of carbonyl (C=O) groups excluding carboxylic acids is 1. The van der Waals surface area contributed by atoms with Gasteiger partial charge in [0, 0.05) is 15.8 Å². The molecular weight excluding hydrogens is 196 g/mol. The Hall–Kier alpha value is 0.237. The molecule has 2 unspecified atom stereocenters. The van der Waals surface area contributed by atoms with Crippen LogP contribution in [0.2, 0.25) is 5.54 Å². The molecule has 0 saturated carbocycles. The Morgan fingerprint density at radius 3 is 2.31 bits per heavy atom. The highest BCUT2D eigenvalue weighted by Gasteiger charge is 2.20. The van der Waals surface area contributed by atoms with Gasteiger partial charge in [-0.3, -0.25) is 4.79 Å². The molecule has 0 heterocycles. The highest BCUT2D eigenvalue weighted by atomic mass is 32.1. The van der Waals surface area contributed by atoms with Crippen molar-refractivity contribution in [3.8, 4) is 0 Å². The maximum absolute atomic E-state index is 11.0. The fourth-order valence-electron chi connectivity index (χ4n) is 1.52. The van der Waals surface area contributed by atoms with Crippen molar-refractivity contribution in [1.82, 2.24) is 0 Å². The van der Waals surface area contributed by atoms with Gasteiger partial charge in [0.2, 0.25) is 0 Å². The van der Waals surface area contributed by atoms with Crippen LogP contribution >= 0.6 is 12.6 Å². The number of carbonyl (C=O) groups is 1. The minimum Gasteiger partial charge on any atom is -0.288 e. The van der Waals surface area contributed by atoms with Gasteiger partial charge in [0.1, 0.15) is 0 Å². The van der Waals surface area contributed by atoms with Gasteiger partial charge in [-0.05, 0) is 5.92 Å². The average molecular weight is 215 g/mol. The number of hydrogen-bond acceptors (Lipinski definition) is 1. The quantitative estimate of drug-likeness (QED) is 0.510. The van der Waals surface area contributed by atoms with E-state index >= 15 is 0 Å². The van der Waals surface area contributed by atoms with Gasteiger partial charge in [0.15, 0.2) is 5.12 Å². The SMILES string of the molecule is CCCCC(CCC)C([Si])C(=O)S. The molecule has 0 aromatic heterocycles. The van der Waals surface area contributed by atoms with Crippen LogP contribution in [0.4, 0.5) is 0 Å². The molecule has 13 heavy (non-hydrogen) atoms. The topological polar surface area (TPSA) is 17.1 Å². The summed E-state index contributed by atoms with van der Waals surface area (Å²) in [4.78, 5) is 11.0. The van der Waals surface area contributed by atoms with Crippen molar-refractivity contribution < 1.29 is 4.79 Å². The normalized spacial score (nSPS) is 15.4. The summed E-state index contributed by atoms with van der Waals surface area (Å²) in [6.45, 7) is 4.33. The lowest BCUT2D eigenvalue weighted by atomic mass is 9.94. The first kappa shape index (κ1) is 13.2. The van der Waals surface area contributed by atoms with E-state index in [1.165, 1.54) is 12.8 Å². The van der Waals surface area contributed by atoms with Crippen molar-refractivity contribution in [1.29, 1.82) is 0 Å². The van der Waals surface area contributed by atoms with Crippen LogP contribution in [-0.4, -0.2) is 15.4 Å². The molecule has 0 aromatic rings. The second-order valence-electron chi connectivity index (χ2n) is 3.51. The molecule has 0 fully saturated rings. The maximum Gasteiger partial charge on any atom is 0.185 e. The zero-order chi connectivity index (χ0) is 10.3. The van der Waals surface area contributed by atoms with Gasteiger partial charge in [-0.15, -0.1) is 12.6 Å². The first-order chi connectivity index (χ1) is 6.13. The molecule has 3 heteroatoms. The summed E-state index contributed by atoms with van der Waals surface area (Å²) < 4.78 is 0. The summed E-state index contributed by atoms with van der Waals surface area (Å²) >= 11 is 3.86. The maximum atomic E-state index is 11.0.